The maximum absolute atomic E-state index is 12.4. The number of carbonyl (C=O) groups excluding carboxylic acids is 2. The van der Waals surface area contributed by atoms with Gasteiger partial charge < -0.3 is 15.8 Å². The number of halogens is 1. The zero-order valence-corrected chi connectivity index (χ0v) is 18.0. The average Bonchev–Trinajstić information content (AvgIpc) is 3.14. The summed E-state index contributed by atoms with van der Waals surface area (Å²) in [5.74, 6) is 0.405. The normalized spacial score (nSPS) is 10.5. The van der Waals surface area contributed by atoms with Gasteiger partial charge in [-0.2, -0.15) is 0 Å². The Balaban J connectivity index is 1.63. The van der Waals surface area contributed by atoms with Crippen molar-refractivity contribution < 1.29 is 14.3 Å². The number of hydrogen-bond donors (Lipinski definition) is 2. The maximum Gasteiger partial charge on any atom is 0.250 e. The molecule has 3 rings (SSSR count). The van der Waals surface area contributed by atoms with Gasteiger partial charge in [-0.3, -0.25) is 14.2 Å². The number of primary amides is 1. The molecule has 10 heteroatoms. The number of para-hydroxylation sites is 1. The molecule has 8 nitrogen and oxygen atoms in total. The van der Waals surface area contributed by atoms with Crippen LogP contribution in [0, 0.1) is 0 Å². The van der Waals surface area contributed by atoms with E-state index in [9.17, 15) is 9.59 Å². The Morgan fingerprint density at radius 1 is 1.19 bits per heavy atom. The van der Waals surface area contributed by atoms with Crippen LogP contribution in [0.3, 0.4) is 0 Å². The van der Waals surface area contributed by atoms with E-state index in [1.54, 1.807) is 54.6 Å². The lowest BCUT2D eigenvalue weighted by atomic mass is 10.1. The Kier molecular flexibility index (Phi) is 7.69. The summed E-state index contributed by atoms with van der Waals surface area (Å²) in [6, 6.07) is 13.6. The summed E-state index contributed by atoms with van der Waals surface area (Å²) >= 11 is 7.10. The van der Waals surface area contributed by atoms with Crippen LogP contribution < -0.4 is 15.8 Å². The third-order valence-corrected chi connectivity index (χ3v) is 5.30. The average molecular weight is 458 g/mol. The maximum atomic E-state index is 12.4. The second-order valence-electron chi connectivity index (χ2n) is 6.29. The number of ether oxygens (including phenoxy) is 1. The summed E-state index contributed by atoms with van der Waals surface area (Å²) in [7, 11) is 0. The van der Waals surface area contributed by atoms with Crippen molar-refractivity contribution in [1.82, 2.24) is 14.8 Å². The zero-order valence-electron chi connectivity index (χ0n) is 16.5. The van der Waals surface area contributed by atoms with Crippen LogP contribution in [0.4, 0.5) is 5.69 Å². The number of carbonyl (C=O) groups is 2. The van der Waals surface area contributed by atoms with Crippen molar-refractivity contribution in [3.8, 4) is 5.75 Å². The predicted molar refractivity (Wildman–Crippen MR) is 120 cm³/mol. The molecule has 3 N–H and O–H groups in total. The molecule has 0 aliphatic carbocycles. The fourth-order valence-electron chi connectivity index (χ4n) is 2.65. The number of anilines is 1. The number of nitrogens with zero attached hydrogens (tertiary/aromatic N) is 3. The number of nitrogens with one attached hydrogen (secondary N) is 1. The second-order valence-corrected chi connectivity index (χ2v) is 7.67. The molecule has 1 heterocycles. The minimum atomic E-state index is -0.611. The van der Waals surface area contributed by atoms with Gasteiger partial charge in [0, 0.05) is 11.6 Å². The molecule has 31 heavy (non-hydrogen) atoms. The Morgan fingerprint density at radius 2 is 1.94 bits per heavy atom. The molecule has 0 atom stereocenters. The van der Waals surface area contributed by atoms with Crippen molar-refractivity contribution in [3.05, 3.63) is 77.6 Å². The number of amides is 2. The molecule has 160 valence electrons. The van der Waals surface area contributed by atoms with Gasteiger partial charge in [0.15, 0.2) is 11.0 Å². The van der Waals surface area contributed by atoms with E-state index < -0.39 is 5.91 Å². The molecule has 0 unspecified atom stereocenters. The van der Waals surface area contributed by atoms with Gasteiger partial charge in [0.1, 0.15) is 12.4 Å². The topological polar surface area (TPSA) is 112 Å². The first-order valence-electron chi connectivity index (χ1n) is 9.20. The van der Waals surface area contributed by atoms with Gasteiger partial charge in [-0.25, -0.2) is 0 Å². The highest BCUT2D eigenvalue weighted by molar-refractivity contribution is 7.99. The molecule has 0 aliphatic heterocycles. The standard InChI is InChI=1S/C21H20ClN5O3S/c1-2-11-27-18(12-30-15-9-7-14(22)8-10-15)25-26-21(27)31-13-19(28)24-17-6-4-3-5-16(17)20(23)29/h2-10H,1,11-13H2,(H2,23,29)(H,24,28). The van der Waals surface area contributed by atoms with Crippen molar-refractivity contribution in [2.24, 2.45) is 5.73 Å². The van der Waals surface area contributed by atoms with Gasteiger partial charge in [-0.15, -0.1) is 16.8 Å². The third-order valence-electron chi connectivity index (χ3n) is 4.09. The smallest absolute Gasteiger partial charge is 0.250 e. The second kappa shape index (κ2) is 10.6. The van der Waals surface area contributed by atoms with Crippen LogP contribution in [0.1, 0.15) is 16.2 Å². The summed E-state index contributed by atoms with van der Waals surface area (Å²) in [6.07, 6.45) is 1.71. The molecule has 0 aliphatic rings. The number of allylic oxidation sites excluding steroid dienone is 1. The monoisotopic (exact) mass is 457 g/mol. The van der Waals surface area contributed by atoms with Crippen LogP contribution in [-0.2, 0) is 17.9 Å². The van der Waals surface area contributed by atoms with E-state index in [-0.39, 0.29) is 23.8 Å². The first kappa shape index (κ1) is 22.4. The highest BCUT2D eigenvalue weighted by Crippen LogP contribution is 2.21. The molecule has 2 aromatic carbocycles. The first-order valence-corrected chi connectivity index (χ1v) is 10.6. The van der Waals surface area contributed by atoms with Gasteiger partial charge >= 0.3 is 0 Å². The van der Waals surface area contributed by atoms with Gasteiger partial charge in [0.2, 0.25) is 5.91 Å². The van der Waals surface area contributed by atoms with Crippen LogP contribution in [0.15, 0.2) is 66.3 Å². The lowest BCUT2D eigenvalue weighted by Gasteiger charge is -2.10. The SMILES string of the molecule is C=CCn1c(COc2ccc(Cl)cc2)nnc1SCC(=O)Nc1ccccc1C(N)=O. The molecule has 0 radical (unpaired) electrons. The van der Waals surface area contributed by atoms with Gasteiger partial charge in [0.05, 0.1) is 17.0 Å². The Morgan fingerprint density at radius 3 is 2.65 bits per heavy atom. The van der Waals surface area contributed by atoms with Crippen molar-refractivity contribution in [2.75, 3.05) is 11.1 Å². The summed E-state index contributed by atoms with van der Waals surface area (Å²) in [6.45, 7) is 4.41. The number of benzene rings is 2. The van der Waals surface area contributed by atoms with Gasteiger partial charge in [-0.1, -0.05) is 41.6 Å². The lowest BCUT2D eigenvalue weighted by molar-refractivity contribution is -0.113. The summed E-state index contributed by atoms with van der Waals surface area (Å²) in [5.41, 5.74) is 5.96. The number of thioether (sulfide) groups is 1. The molecule has 0 saturated heterocycles. The lowest BCUT2D eigenvalue weighted by Crippen LogP contribution is -2.19. The summed E-state index contributed by atoms with van der Waals surface area (Å²) in [4.78, 5) is 23.9. The third kappa shape index (κ3) is 6.09. The van der Waals surface area contributed by atoms with Crippen molar-refractivity contribution in [1.29, 1.82) is 0 Å². The van der Waals surface area contributed by atoms with E-state index in [4.69, 9.17) is 22.1 Å². The van der Waals surface area contributed by atoms with E-state index in [1.807, 2.05) is 4.57 Å². The van der Waals surface area contributed by atoms with E-state index in [0.29, 0.717) is 34.0 Å². The van der Waals surface area contributed by atoms with Crippen molar-refractivity contribution in [3.63, 3.8) is 0 Å². The minimum absolute atomic E-state index is 0.0699. The minimum Gasteiger partial charge on any atom is -0.486 e. The fraction of sp³-hybridized carbons (Fsp3) is 0.143. The molecule has 1 aromatic heterocycles. The van der Waals surface area contributed by atoms with Crippen LogP contribution in [0.5, 0.6) is 5.75 Å². The molecule has 0 fully saturated rings. The molecular weight excluding hydrogens is 438 g/mol. The molecule has 0 bridgehead atoms. The summed E-state index contributed by atoms with van der Waals surface area (Å²) in [5, 5.41) is 12.2. The predicted octanol–water partition coefficient (Wildman–Crippen LogP) is 3.53. The number of hydrogen-bond acceptors (Lipinski definition) is 6. The largest absolute Gasteiger partial charge is 0.486 e. The molecule has 2 amide bonds. The van der Waals surface area contributed by atoms with Gasteiger partial charge in [-0.05, 0) is 36.4 Å². The highest BCUT2D eigenvalue weighted by Gasteiger charge is 2.15. The molecule has 3 aromatic rings. The number of aromatic nitrogens is 3. The Labute approximate surface area is 188 Å². The number of nitrogens with two attached hydrogens (primary N) is 1. The van der Waals surface area contributed by atoms with Crippen LogP contribution in [0.25, 0.3) is 0 Å². The quantitative estimate of drug-likeness (QED) is 0.356. The highest BCUT2D eigenvalue weighted by atomic mass is 35.5. The Bertz CT molecular complexity index is 1080. The van der Waals surface area contributed by atoms with E-state index in [2.05, 4.69) is 22.1 Å². The molecule has 0 spiro atoms. The van der Waals surface area contributed by atoms with Crippen molar-refractivity contribution in [2.45, 2.75) is 18.3 Å². The summed E-state index contributed by atoms with van der Waals surface area (Å²) < 4.78 is 7.56. The van der Waals surface area contributed by atoms with E-state index >= 15 is 0 Å². The molecule has 0 saturated carbocycles. The van der Waals surface area contributed by atoms with Crippen LogP contribution in [0.2, 0.25) is 5.02 Å². The van der Waals surface area contributed by atoms with E-state index in [1.165, 1.54) is 11.8 Å². The van der Waals surface area contributed by atoms with E-state index in [0.717, 1.165) is 0 Å². The van der Waals surface area contributed by atoms with Crippen LogP contribution >= 0.6 is 23.4 Å². The van der Waals surface area contributed by atoms with Gasteiger partial charge in [0.25, 0.3) is 5.91 Å². The molecular formula is C21H20ClN5O3S. The zero-order chi connectivity index (χ0) is 22.2. The number of rotatable bonds is 10. The first-order chi connectivity index (χ1) is 15.0. The fourth-order valence-corrected chi connectivity index (χ4v) is 3.54. The van der Waals surface area contributed by atoms with Crippen molar-refractivity contribution >= 4 is 40.9 Å². The van der Waals surface area contributed by atoms with Crippen LogP contribution in [-0.4, -0.2) is 32.3 Å². The Hall–Kier alpha value is -3.30.